The Bertz CT molecular complexity index is 627. The first-order valence-electron chi connectivity index (χ1n) is 5.70. The number of nitrogens with one attached hydrogen (secondary N) is 1. The van der Waals surface area contributed by atoms with E-state index in [0.29, 0.717) is 6.61 Å². The van der Waals surface area contributed by atoms with Gasteiger partial charge in [-0.05, 0) is 19.1 Å². The summed E-state index contributed by atoms with van der Waals surface area (Å²) in [5, 5.41) is 0. The summed E-state index contributed by atoms with van der Waals surface area (Å²) in [7, 11) is 1.68. The largest absolute Gasteiger partial charge is 0.329 e. The molecule has 0 atom stereocenters. The minimum Gasteiger partial charge on any atom is -0.295 e. The fourth-order valence-electron chi connectivity index (χ4n) is 1.84. The summed E-state index contributed by atoms with van der Waals surface area (Å²) < 4.78 is 2.94. The zero-order chi connectivity index (χ0) is 13.1. The van der Waals surface area contributed by atoms with Crippen LogP contribution in [0.5, 0.6) is 0 Å². The van der Waals surface area contributed by atoms with Crippen molar-refractivity contribution in [1.29, 1.82) is 0 Å². The van der Waals surface area contributed by atoms with Gasteiger partial charge in [0.2, 0.25) is 0 Å². The molecule has 0 aliphatic carbocycles. The van der Waals surface area contributed by atoms with E-state index < -0.39 is 0 Å². The monoisotopic (exact) mass is 249 g/mol. The first-order chi connectivity index (χ1) is 8.65. The summed E-state index contributed by atoms with van der Waals surface area (Å²) >= 11 is 0. The molecule has 1 heterocycles. The van der Waals surface area contributed by atoms with E-state index in [1.165, 1.54) is 9.13 Å². The number of benzene rings is 1. The van der Waals surface area contributed by atoms with E-state index in [4.69, 9.17) is 4.84 Å². The Morgan fingerprint density at radius 1 is 1.33 bits per heavy atom. The summed E-state index contributed by atoms with van der Waals surface area (Å²) in [5.74, 6) is -0.352. The van der Waals surface area contributed by atoms with Crippen LogP contribution in [0.2, 0.25) is 0 Å². The summed E-state index contributed by atoms with van der Waals surface area (Å²) in [6.45, 7) is 2.10. The van der Waals surface area contributed by atoms with Crippen molar-refractivity contribution in [1.82, 2.24) is 14.6 Å². The zero-order valence-electron chi connectivity index (χ0n) is 10.3. The number of para-hydroxylation sites is 2. The lowest BCUT2D eigenvalue weighted by molar-refractivity contribution is -0.133. The Morgan fingerprint density at radius 3 is 2.67 bits per heavy atom. The first kappa shape index (κ1) is 12.4. The number of nitrogens with zero attached hydrogens (tertiary/aromatic N) is 2. The van der Waals surface area contributed by atoms with E-state index in [1.807, 2.05) is 24.3 Å². The highest BCUT2D eigenvalue weighted by Gasteiger charge is 2.12. The third-order valence-corrected chi connectivity index (χ3v) is 2.68. The maximum absolute atomic E-state index is 12.0. The SMILES string of the molecule is CCONC(=O)Cn1c(=O)n(C)c2ccccc21. The van der Waals surface area contributed by atoms with Crippen molar-refractivity contribution in [2.45, 2.75) is 13.5 Å². The van der Waals surface area contributed by atoms with Crippen LogP contribution in [-0.2, 0) is 23.2 Å². The highest BCUT2D eigenvalue weighted by molar-refractivity contribution is 5.80. The van der Waals surface area contributed by atoms with E-state index >= 15 is 0 Å². The molecule has 1 amide bonds. The first-order valence-corrected chi connectivity index (χ1v) is 5.70. The van der Waals surface area contributed by atoms with Crippen molar-refractivity contribution in [3.05, 3.63) is 34.7 Å². The van der Waals surface area contributed by atoms with Crippen LogP contribution in [-0.4, -0.2) is 21.6 Å². The zero-order valence-corrected chi connectivity index (χ0v) is 10.3. The number of carbonyl (C=O) groups is 1. The molecule has 2 aromatic rings. The Kier molecular flexibility index (Phi) is 3.47. The smallest absolute Gasteiger partial charge is 0.295 e. The highest BCUT2D eigenvalue weighted by Crippen LogP contribution is 2.10. The second-order valence-electron chi connectivity index (χ2n) is 3.87. The Hall–Kier alpha value is -2.08. The van der Waals surface area contributed by atoms with Crippen LogP contribution >= 0.6 is 0 Å². The van der Waals surface area contributed by atoms with Gasteiger partial charge in [0.15, 0.2) is 0 Å². The van der Waals surface area contributed by atoms with Crippen LogP contribution in [0.1, 0.15) is 6.92 Å². The number of rotatable bonds is 4. The van der Waals surface area contributed by atoms with Gasteiger partial charge in [-0.2, -0.15) is 0 Å². The fraction of sp³-hybridized carbons (Fsp3) is 0.333. The molecule has 1 aromatic carbocycles. The Labute approximate surface area is 104 Å². The molecule has 2 rings (SSSR count). The van der Waals surface area contributed by atoms with E-state index in [2.05, 4.69) is 5.48 Å². The van der Waals surface area contributed by atoms with Gasteiger partial charge in [0, 0.05) is 7.05 Å². The van der Waals surface area contributed by atoms with Gasteiger partial charge >= 0.3 is 5.69 Å². The van der Waals surface area contributed by atoms with Gasteiger partial charge in [-0.15, -0.1) is 0 Å². The molecule has 1 aromatic heterocycles. The van der Waals surface area contributed by atoms with Crippen molar-refractivity contribution in [3.8, 4) is 0 Å². The summed E-state index contributed by atoms with van der Waals surface area (Å²) in [5.41, 5.74) is 3.59. The lowest BCUT2D eigenvalue weighted by Crippen LogP contribution is -2.32. The lowest BCUT2D eigenvalue weighted by atomic mass is 10.3. The molecule has 0 saturated heterocycles. The van der Waals surface area contributed by atoms with Gasteiger partial charge in [-0.25, -0.2) is 10.3 Å². The number of hydroxylamine groups is 1. The molecular formula is C12H15N3O3. The van der Waals surface area contributed by atoms with Gasteiger partial charge in [0.1, 0.15) is 6.54 Å². The maximum Gasteiger partial charge on any atom is 0.329 e. The van der Waals surface area contributed by atoms with Crippen LogP contribution in [0.25, 0.3) is 11.0 Å². The lowest BCUT2D eigenvalue weighted by Gasteiger charge is -2.04. The van der Waals surface area contributed by atoms with Gasteiger partial charge in [-0.3, -0.25) is 18.8 Å². The minimum atomic E-state index is -0.352. The minimum absolute atomic E-state index is 0.0554. The van der Waals surface area contributed by atoms with Crippen molar-refractivity contribution in [3.63, 3.8) is 0 Å². The number of aryl methyl sites for hydroxylation is 1. The molecule has 0 unspecified atom stereocenters. The van der Waals surface area contributed by atoms with Gasteiger partial charge in [0.05, 0.1) is 17.6 Å². The fourth-order valence-corrected chi connectivity index (χ4v) is 1.84. The van der Waals surface area contributed by atoms with Crippen molar-refractivity contribution in [2.75, 3.05) is 6.61 Å². The molecule has 0 bridgehead atoms. The third kappa shape index (κ3) is 2.14. The van der Waals surface area contributed by atoms with E-state index in [-0.39, 0.29) is 18.1 Å². The number of hydrogen-bond acceptors (Lipinski definition) is 3. The van der Waals surface area contributed by atoms with E-state index in [0.717, 1.165) is 11.0 Å². The third-order valence-electron chi connectivity index (χ3n) is 2.68. The van der Waals surface area contributed by atoms with Crippen LogP contribution in [0.15, 0.2) is 29.1 Å². The number of amides is 1. The molecular weight excluding hydrogens is 234 g/mol. The van der Waals surface area contributed by atoms with Crippen LogP contribution in [0.4, 0.5) is 0 Å². The van der Waals surface area contributed by atoms with Crippen LogP contribution in [0.3, 0.4) is 0 Å². The second-order valence-corrected chi connectivity index (χ2v) is 3.87. The molecule has 0 fully saturated rings. The summed E-state index contributed by atoms with van der Waals surface area (Å²) in [6.07, 6.45) is 0. The number of imidazole rings is 1. The molecule has 18 heavy (non-hydrogen) atoms. The van der Waals surface area contributed by atoms with Crippen molar-refractivity contribution < 1.29 is 9.63 Å². The van der Waals surface area contributed by atoms with Crippen molar-refractivity contribution in [2.24, 2.45) is 7.05 Å². The number of aromatic nitrogens is 2. The van der Waals surface area contributed by atoms with E-state index in [9.17, 15) is 9.59 Å². The molecule has 6 heteroatoms. The molecule has 0 radical (unpaired) electrons. The second kappa shape index (κ2) is 5.05. The molecule has 0 saturated carbocycles. The van der Waals surface area contributed by atoms with Crippen LogP contribution < -0.4 is 11.2 Å². The summed E-state index contributed by atoms with van der Waals surface area (Å²) in [6, 6.07) is 7.34. The quantitative estimate of drug-likeness (QED) is 0.798. The average Bonchev–Trinajstić information content (AvgIpc) is 2.62. The number of fused-ring (bicyclic) bond motifs is 1. The Balaban J connectivity index is 2.36. The predicted octanol–water partition coefficient (Wildman–Crippen LogP) is 0.408. The molecule has 6 nitrogen and oxygen atoms in total. The number of hydrogen-bond donors (Lipinski definition) is 1. The standard InChI is InChI=1S/C12H15N3O3/c1-3-18-13-11(16)8-15-10-7-5-4-6-9(10)14(2)12(15)17/h4-7H,3,8H2,1-2H3,(H,13,16). The molecule has 0 aliphatic heterocycles. The van der Waals surface area contributed by atoms with E-state index in [1.54, 1.807) is 14.0 Å². The number of carbonyl (C=O) groups excluding carboxylic acids is 1. The Morgan fingerprint density at radius 2 is 2.00 bits per heavy atom. The van der Waals surface area contributed by atoms with Crippen LogP contribution in [0, 0.1) is 0 Å². The molecule has 0 spiro atoms. The molecule has 1 N–H and O–H groups in total. The normalized spacial score (nSPS) is 10.8. The van der Waals surface area contributed by atoms with Gasteiger partial charge in [-0.1, -0.05) is 12.1 Å². The molecule has 96 valence electrons. The van der Waals surface area contributed by atoms with Gasteiger partial charge < -0.3 is 0 Å². The topological polar surface area (TPSA) is 65.3 Å². The average molecular weight is 249 g/mol. The van der Waals surface area contributed by atoms with Crippen molar-refractivity contribution >= 4 is 16.9 Å². The highest BCUT2D eigenvalue weighted by atomic mass is 16.6. The summed E-state index contributed by atoms with van der Waals surface area (Å²) in [4.78, 5) is 28.4. The van der Waals surface area contributed by atoms with Gasteiger partial charge in [0.25, 0.3) is 5.91 Å². The predicted molar refractivity (Wildman–Crippen MR) is 66.9 cm³/mol. The molecule has 0 aliphatic rings. The maximum atomic E-state index is 12.0.